The molecule has 3 heterocycles. The van der Waals surface area contributed by atoms with Crippen LogP contribution in [0.4, 0.5) is 0 Å². The van der Waals surface area contributed by atoms with Crippen LogP contribution in [0.5, 0.6) is 0 Å². The zero-order valence-corrected chi connectivity index (χ0v) is 20.8. The first-order valence-corrected chi connectivity index (χ1v) is 13.0. The highest BCUT2D eigenvalue weighted by Crippen LogP contribution is 2.31. The molecule has 1 amide bonds. The van der Waals surface area contributed by atoms with Crippen LogP contribution >= 0.6 is 11.3 Å². The Bertz CT molecular complexity index is 1120. The Morgan fingerprint density at radius 1 is 1.24 bits per heavy atom. The van der Waals surface area contributed by atoms with Crippen molar-refractivity contribution in [2.24, 2.45) is 0 Å². The molecule has 5 nitrogen and oxygen atoms in total. The number of hydrogen-bond donors (Lipinski definition) is 1. The Morgan fingerprint density at radius 3 is 2.85 bits per heavy atom. The molecule has 0 aromatic carbocycles. The van der Waals surface area contributed by atoms with Crippen molar-refractivity contribution in [1.82, 2.24) is 19.9 Å². The smallest absolute Gasteiger partial charge is 0.253 e. The minimum atomic E-state index is 0.0126. The number of rotatable bonds is 9. The molecule has 1 aliphatic carbocycles. The zero-order valence-electron chi connectivity index (χ0n) is 20.0. The van der Waals surface area contributed by atoms with Crippen molar-refractivity contribution < 1.29 is 4.79 Å². The molecule has 0 saturated carbocycles. The first kappa shape index (κ1) is 23.4. The number of pyridine rings is 1. The maximum Gasteiger partial charge on any atom is 0.253 e. The van der Waals surface area contributed by atoms with Crippen molar-refractivity contribution in [3.05, 3.63) is 58.4 Å². The van der Waals surface area contributed by atoms with Gasteiger partial charge in [-0.3, -0.25) is 9.78 Å². The number of unbranched alkanes of at least 4 members (excludes halogenated alkanes) is 1. The lowest BCUT2D eigenvalue weighted by molar-refractivity contribution is 0.0953. The number of carbonyl (C=O) groups excluding carboxylic acids is 1. The van der Waals surface area contributed by atoms with Gasteiger partial charge in [-0.05, 0) is 70.6 Å². The van der Waals surface area contributed by atoms with Gasteiger partial charge >= 0.3 is 0 Å². The molecule has 33 heavy (non-hydrogen) atoms. The third kappa shape index (κ3) is 5.61. The van der Waals surface area contributed by atoms with Gasteiger partial charge in [-0.2, -0.15) is 0 Å². The van der Waals surface area contributed by atoms with Crippen LogP contribution in [0.2, 0.25) is 0 Å². The van der Waals surface area contributed by atoms with E-state index in [0.29, 0.717) is 6.54 Å². The van der Waals surface area contributed by atoms with Crippen LogP contribution in [0.3, 0.4) is 0 Å². The van der Waals surface area contributed by atoms with Crippen LogP contribution in [0.25, 0.3) is 22.0 Å². The lowest BCUT2D eigenvalue weighted by Crippen LogP contribution is -2.25. The molecule has 174 valence electrons. The summed E-state index contributed by atoms with van der Waals surface area (Å²) in [6, 6.07) is 6.09. The summed E-state index contributed by atoms with van der Waals surface area (Å²) in [7, 11) is 0. The van der Waals surface area contributed by atoms with E-state index in [9.17, 15) is 4.79 Å². The first-order valence-electron chi connectivity index (χ1n) is 12.1. The maximum absolute atomic E-state index is 13.1. The van der Waals surface area contributed by atoms with Gasteiger partial charge in [-0.1, -0.05) is 25.0 Å². The number of carbonyl (C=O) groups is 1. The second-order valence-corrected chi connectivity index (χ2v) is 9.73. The second kappa shape index (κ2) is 10.9. The Labute approximate surface area is 201 Å². The molecule has 3 aromatic rings. The SMILES string of the molecule is CCCCn1c(-c2csc(-c3ccc(C)nc3)n2)cc(C(=O)NCCC2=CCCCC2)c1C. The Morgan fingerprint density at radius 2 is 2.12 bits per heavy atom. The van der Waals surface area contributed by atoms with Crippen molar-refractivity contribution in [2.45, 2.75) is 72.3 Å². The van der Waals surface area contributed by atoms with E-state index in [-0.39, 0.29) is 5.91 Å². The van der Waals surface area contributed by atoms with Gasteiger partial charge in [-0.15, -0.1) is 11.3 Å². The van der Waals surface area contributed by atoms with E-state index in [0.717, 1.165) is 64.7 Å². The van der Waals surface area contributed by atoms with E-state index < -0.39 is 0 Å². The number of allylic oxidation sites excluding steroid dienone is 1. The highest BCUT2D eigenvalue weighted by molar-refractivity contribution is 7.13. The molecular weight excluding hydrogens is 428 g/mol. The molecule has 0 spiro atoms. The number of nitrogens with one attached hydrogen (secondary N) is 1. The fraction of sp³-hybridized carbons (Fsp3) is 0.444. The van der Waals surface area contributed by atoms with Gasteiger partial charge < -0.3 is 9.88 Å². The average Bonchev–Trinajstić information content (AvgIpc) is 3.44. The van der Waals surface area contributed by atoms with Gasteiger partial charge in [0.1, 0.15) is 5.01 Å². The minimum Gasteiger partial charge on any atom is -0.352 e. The van der Waals surface area contributed by atoms with Crippen molar-refractivity contribution in [2.75, 3.05) is 6.54 Å². The van der Waals surface area contributed by atoms with Crippen molar-refractivity contribution in [3.63, 3.8) is 0 Å². The highest BCUT2D eigenvalue weighted by atomic mass is 32.1. The molecule has 0 aliphatic heterocycles. The van der Waals surface area contributed by atoms with Crippen LogP contribution in [0, 0.1) is 13.8 Å². The standard InChI is InChI=1S/C27H34N4OS/c1-4-5-15-31-20(3)23(26(32)28-14-13-21-9-7-6-8-10-21)16-25(31)24-18-33-27(30-24)22-12-11-19(2)29-17-22/h9,11-12,16-18H,4-8,10,13-15H2,1-3H3,(H,28,32). The third-order valence-corrected chi connectivity index (χ3v) is 7.28. The highest BCUT2D eigenvalue weighted by Gasteiger charge is 2.20. The van der Waals surface area contributed by atoms with Crippen LogP contribution in [-0.2, 0) is 6.54 Å². The molecule has 4 rings (SSSR count). The van der Waals surface area contributed by atoms with Crippen LogP contribution in [0.1, 0.15) is 73.6 Å². The summed E-state index contributed by atoms with van der Waals surface area (Å²) >= 11 is 1.62. The first-order chi connectivity index (χ1) is 16.1. The van der Waals surface area contributed by atoms with E-state index >= 15 is 0 Å². The minimum absolute atomic E-state index is 0.0126. The largest absolute Gasteiger partial charge is 0.352 e. The Hall–Kier alpha value is -2.73. The molecule has 0 fully saturated rings. The lowest BCUT2D eigenvalue weighted by Gasteiger charge is -2.13. The number of hydrogen-bond acceptors (Lipinski definition) is 4. The monoisotopic (exact) mass is 462 g/mol. The summed E-state index contributed by atoms with van der Waals surface area (Å²) in [5.41, 5.74) is 7.21. The summed E-state index contributed by atoms with van der Waals surface area (Å²) in [4.78, 5) is 22.4. The molecule has 0 unspecified atom stereocenters. The number of nitrogens with zero attached hydrogens (tertiary/aromatic N) is 3. The molecule has 6 heteroatoms. The van der Waals surface area contributed by atoms with E-state index in [1.54, 1.807) is 11.3 Å². The molecule has 1 N–H and O–H groups in total. The third-order valence-electron chi connectivity index (χ3n) is 6.39. The van der Waals surface area contributed by atoms with Gasteiger partial charge in [0.2, 0.25) is 0 Å². The molecule has 3 aromatic heterocycles. The molecule has 0 bridgehead atoms. The summed E-state index contributed by atoms with van der Waals surface area (Å²) in [5, 5.41) is 6.19. The Kier molecular flexibility index (Phi) is 7.76. The maximum atomic E-state index is 13.1. The quantitative estimate of drug-likeness (QED) is 0.359. The second-order valence-electron chi connectivity index (χ2n) is 8.87. The van der Waals surface area contributed by atoms with Gasteiger partial charge in [0.25, 0.3) is 5.91 Å². The number of amides is 1. The summed E-state index contributed by atoms with van der Waals surface area (Å²) in [6.45, 7) is 7.81. The molecule has 0 atom stereocenters. The fourth-order valence-electron chi connectivity index (χ4n) is 4.37. The molecule has 0 saturated heterocycles. The number of aryl methyl sites for hydroxylation is 1. The van der Waals surface area contributed by atoms with Gasteiger partial charge in [0.15, 0.2) is 0 Å². The fourth-order valence-corrected chi connectivity index (χ4v) is 5.18. The number of thiazole rings is 1. The summed E-state index contributed by atoms with van der Waals surface area (Å²) < 4.78 is 2.26. The summed E-state index contributed by atoms with van der Waals surface area (Å²) in [5.74, 6) is 0.0126. The van der Waals surface area contributed by atoms with E-state index in [2.05, 4.69) is 46.2 Å². The predicted octanol–water partition coefficient (Wildman–Crippen LogP) is 6.71. The number of aromatic nitrogens is 3. The van der Waals surface area contributed by atoms with Crippen LogP contribution in [0.15, 0.2) is 41.4 Å². The van der Waals surface area contributed by atoms with Crippen molar-refractivity contribution in [3.8, 4) is 22.0 Å². The van der Waals surface area contributed by atoms with Gasteiger partial charge in [-0.25, -0.2) is 4.98 Å². The van der Waals surface area contributed by atoms with Crippen molar-refractivity contribution >= 4 is 17.2 Å². The lowest BCUT2D eigenvalue weighted by atomic mass is 9.97. The van der Waals surface area contributed by atoms with E-state index in [4.69, 9.17) is 4.98 Å². The molecular formula is C27H34N4OS. The van der Waals surface area contributed by atoms with Gasteiger partial charge in [0, 0.05) is 41.6 Å². The summed E-state index contributed by atoms with van der Waals surface area (Å²) in [6.07, 6.45) is 12.3. The normalized spacial score (nSPS) is 13.7. The zero-order chi connectivity index (χ0) is 23.2. The van der Waals surface area contributed by atoms with Crippen LogP contribution in [-0.4, -0.2) is 27.0 Å². The van der Waals surface area contributed by atoms with Gasteiger partial charge in [0.05, 0.1) is 17.0 Å². The molecule has 1 aliphatic rings. The van der Waals surface area contributed by atoms with Crippen LogP contribution < -0.4 is 5.32 Å². The molecule has 0 radical (unpaired) electrons. The Balaban J connectivity index is 1.55. The predicted molar refractivity (Wildman–Crippen MR) is 137 cm³/mol. The topological polar surface area (TPSA) is 59.8 Å². The van der Waals surface area contributed by atoms with Crippen molar-refractivity contribution in [1.29, 1.82) is 0 Å². The average molecular weight is 463 g/mol. The van der Waals surface area contributed by atoms with E-state index in [1.165, 1.54) is 31.3 Å². The van der Waals surface area contributed by atoms with E-state index in [1.807, 2.05) is 25.3 Å².